The van der Waals surface area contributed by atoms with Gasteiger partial charge < -0.3 is 4.18 Å². The van der Waals surface area contributed by atoms with Gasteiger partial charge in [0.05, 0.1) is 5.69 Å². The molecule has 1 N–H and O–H groups in total. The molecule has 1 fully saturated rings. The molecule has 0 radical (unpaired) electrons. The summed E-state index contributed by atoms with van der Waals surface area (Å²) < 4.78 is 31.6. The summed E-state index contributed by atoms with van der Waals surface area (Å²) in [7, 11) is -4.23. The van der Waals surface area contributed by atoms with Crippen LogP contribution in [0.4, 0.5) is 10.5 Å². The first kappa shape index (κ1) is 24.0. The number of nitrogens with zero attached hydrogens (tertiary/aromatic N) is 1. The van der Waals surface area contributed by atoms with Gasteiger partial charge >= 0.3 is 16.1 Å². The topological polar surface area (TPSA) is 110 Å². The van der Waals surface area contributed by atoms with E-state index in [2.05, 4.69) is 5.32 Å². The molecule has 1 heterocycles. The molecule has 0 unspecified atom stereocenters. The molecule has 8 nitrogen and oxygen atoms in total. The molecule has 1 saturated heterocycles. The van der Waals surface area contributed by atoms with E-state index >= 15 is 0 Å². The number of barbiturate groups is 1. The van der Waals surface area contributed by atoms with Crippen LogP contribution < -0.4 is 14.4 Å². The van der Waals surface area contributed by atoms with Crippen LogP contribution in [0.5, 0.6) is 5.75 Å². The van der Waals surface area contributed by atoms with Crippen molar-refractivity contribution >= 4 is 50.5 Å². The molecule has 1 aliphatic rings. The molecule has 184 valence electrons. The van der Waals surface area contributed by atoms with Crippen molar-refractivity contribution in [2.45, 2.75) is 11.8 Å². The van der Waals surface area contributed by atoms with Gasteiger partial charge in [-0.3, -0.25) is 14.9 Å². The molecule has 4 aromatic rings. The number of rotatable bonds is 5. The largest absolute Gasteiger partial charge is 0.378 e. The number of nitrogens with one attached hydrogen (secondary N) is 1. The molecule has 4 amide bonds. The fourth-order valence-electron chi connectivity index (χ4n) is 3.98. The summed E-state index contributed by atoms with van der Waals surface area (Å²) in [6.45, 7) is 1.83. The van der Waals surface area contributed by atoms with Crippen molar-refractivity contribution < 1.29 is 27.0 Å². The van der Waals surface area contributed by atoms with Crippen LogP contribution in [0.2, 0.25) is 0 Å². The fraction of sp³-hybridized carbons (Fsp3) is 0.0357. The van der Waals surface area contributed by atoms with Crippen molar-refractivity contribution in [1.29, 1.82) is 0 Å². The third kappa shape index (κ3) is 4.60. The lowest BCUT2D eigenvalue weighted by Crippen LogP contribution is -2.54. The van der Waals surface area contributed by atoms with E-state index in [1.807, 2.05) is 6.92 Å². The minimum atomic E-state index is -4.23. The second-order valence-corrected chi connectivity index (χ2v) is 9.89. The Bertz CT molecular complexity index is 1690. The van der Waals surface area contributed by atoms with Crippen LogP contribution in [0, 0.1) is 6.92 Å². The average molecular weight is 513 g/mol. The lowest BCUT2D eigenvalue weighted by molar-refractivity contribution is -0.122. The van der Waals surface area contributed by atoms with Gasteiger partial charge in [-0.1, -0.05) is 66.2 Å². The summed E-state index contributed by atoms with van der Waals surface area (Å²) in [6.07, 6.45) is 1.25. The highest BCUT2D eigenvalue weighted by atomic mass is 32.2. The smallest absolute Gasteiger partial charge is 0.339 e. The Morgan fingerprint density at radius 1 is 0.811 bits per heavy atom. The first-order valence-electron chi connectivity index (χ1n) is 11.2. The maximum atomic E-state index is 13.4. The van der Waals surface area contributed by atoms with Crippen molar-refractivity contribution in [2.24, 2.45) is 0 Å². The van der Waals surface area contributed by atoms with Crippen LogP contribution in [0.25, 0.3) is 16.8 Å². The molecule has 0 bridgehead atoms. The number of hydrogen-bond donors (Lipinski definition) is 1. The number of hydrogen-bond acceptors (Lipinski definition) is 6. The lowest BCUT2D eigenvalue weighted by Gasteiger charge is -2.26. The monoisotopic (exact) mass is 512 g/mol. The van der Waals surface area contributed by atoms with Crippen molar-refractivity contribution in [3.05, 3.63) is 108 Å². The van der Waals surface area contributed by atoms with Crippen LogP contribution in [0.3, 0.4) is 0 Å². The number of anilines is 1. The summed E-state index contributed by atoms with van der Waals surface area (Å²) in [5.41, 5.74) is 1.01. The highest BCUT2D eigenvalue weighted by Crippen LogP contribution is 2.33. The van der Waals surface area contributed by atoms with Gasteiger partial charge in [-0.15, -0.1) is 0 Å². The minimum absolute atomic E-state index is 0.0443. The van der Waals surface area contributed by atoms with Crippen molar-refractivity contribution in [1.82, 2.24) is 5.32 Å². The van der Waals surface area contributed by atoms with Crippen LogP contribution >= 0.6 is 0 Å². The normalized spacial score (nSPS) is 15.2. The number of amides is 4. The number of urea groups is 1. The van der Waals surface area contributed by atoms with Gasteiger partial charge in [0, 0.05) is 5.56 Å². The fourth-order valence-corrected chi connectivity index (χ4v) is 4.93. The molecule has 37 heavy (non-hydrogen) atoms. The lowest BCUT2D eigenvalue weighted by atomic mass is 10.00. The molecular formula is C28H20N2O6S. The molecule has 0 spiro atoms. The molecule has 4 aromatic carbocycles. The third-order valence-electron chi connectivity index (χ3n) is 5.84. The third-order valence-corrected chi connectivity index (χ3v) is 7.09. The molecular weight excluding hydrogens is 492 g/mol. The van der Waals surface area contributed by atoms with E-state index in [0.29, 0.717) is 5.39 Å². The van der Waals surface area contributed by atoms with E-state index in [0.717, 1.165) is 15.8 Å². The van der Waals surface area contributed by atoms with Crippen LogP contribution in [0.15, 0.2) is 101 Å². The van der Waals surface area contributed by atoms with E-state index in [4.69, 9.17) is 4.18 Å². The van der Waals surface area contributed by atoms with Gasteiger partial charge in [-0.2, -0.15) is 8.42 Å². The van der Waals surface area contributed by atoms with Gasteiger partial charge in [-0.05, 0) is 54.1 Å². The first-order chi connectivity index (χ1) is 17.7. The second kappa shape index (κ2) is 9.36. The van der Waals surface area contributed by atoms with Gasteiger partial charge in [-0.25, -0.2) is 9.69 Å². The first-order valence-corrected chi connectivity index (χ1v) is 12.6. The zero-order chi connectivity index (χ0) is 26.2. The van der Waals surface area contributed by atoms with Crippen molar-refractivity contribution in [2.75, 3.05) is 4.90 Å². The zero-order valence-corrected chi connectivity index (χ0v) is 20.4. The second-order valence-electron chi connectivity index (χ2n) is 8.34. The molecule has 1 aliphatic heterocycles. The predicted octanol–water partition coefficient (Wildman–Crippen LogP) is 4.58. The number of para-hydroxylation sites is 1. The van der Waals surface area contributed by atoms with E-state index in [1.165, 1.54) is 24.3 Å². The maximum Gasteiger partial charge on any atom is 0.339 e. The van der Waals surface area contributed by atoms with E-state index < -0.39 is 28.0 Å². The average Bonchev–Trinajstić information content (AvgIpc) is 2.88. The van der Waals surface area contributed by atoms with Crippen LogP contribution in [-0.4, -0.2) is 26.3 Å². The Hall–Kier alpha value is -4.76. The molecule has 0 aliphatic carbocycles. The summed E-state index contributed by atoms with van der Waals surface area (Å²) in [6, 6.07) is 23.7. The number of carbonyl (C=O) groups is 3. The zero-order valence-electron chi connectivity index (χ0n) is 19.5. The minimum Gasteiger partial charge on any atom is -0.378 e. The van der Waals surface area contributed by atoms with Crippen LogP contribution in [-0.2, 0) is 19.7 Å². The number of fused-ring (bicyclic) bond motifs is 1. The van der Waals surface area contributed by atoms with Gasteiger partial charge in [0.15, 0.2) is 5.75 Å². The van der Waals surface area contributed by atoms with Crippen LogP contribution in [0.1, 0.15) is 11.1 Å². The SMILES string of the molecule is Cc1ccc(S(=O)(=O)Oc2ccc3ccccc3c2/C=C2\C(=O)NC(=O)N(c3ccccc3)C2=O)cc1. The van der Waals surface area contributed by atoms with Crippen molar-refractivity contribution in [3.63, 3.8) is 0 Å². The number of aryl methyl sites for hydroxylation is 1. The Balaban J connectivity index is 1.64. The van der Waals surface area contributed by atoms with Gasteiger partial charge in [0.2, 0.25) is 0 Å². The molecule has 0 aromatic heterocycles. The number of carbonyl (C=O) groups excluding carboxylic acids is 3. The Morgan fingerprint density at radius 3 is 2.22 bits per heavy atom. The number of benzene rings is 4. The Morgan fingerprint density at radius 2 is 1.49 bits per heavy atom. The molecule has 0 atom stereocenters. The predicted molar refractivity (Wildman–Crippen MR) is 138 cm³/mol. The quantitative estimate of drug-likeness (QED) is 0.238. The standard InChI is InChI=1S/C28H20N2O6S/c1-18-11-14-21(15-12-18)37(34,35)36-25-16-13-19-7-5-6-10-22(19)23(25)17-24-26(31)29-28(33)30(27(24)32)20-8-3-2-4-9-20/h2-17H,1H3,(H,29,31,33)/b24-17+. The molecule has 0 saturated carbocycles. The Labute approximate surface area is 212 Å². The molecule has 5 rings (SSSR count). The van der Waals surface area contributed by atoms with Crippen molar-refractivity contribution in [3.8, 4) is 5.75 Å². The Kier molecular flexibility index (Phi) is 6.06. The highest BCUT2D eigenvalue weighted by Gasteiger charge is 2.37. The maximum absolute atomic E-state index is 13.4. The van der Waals surface area contributed by atoms with Gasteiger partial charge in [0.25, 0.3) is 11.8 Å². The van der Waals surface area contributed by atoms with Gasteiger partial charge in [0.1, 0.15) is 10.5 Å². The van der Waals surface area contributed by atoms with E-state index in [1.54, 1.807) is 72.8 Å². The molecule has 9 heteroatoms. The summed E-state index contributed by atoms with van der Waals surface area (Å²) >= 11 is 0. The van der Waals surface area contributed by atoms with E-state index in [9.17, 15) is 22.8 Å². The summed E-state index contributed by atoms with van der Waals surface area (Å²) in [5, 5.41) is 3.46. The highest BCUT2D eigenvalue weighted by molar-refractivity contribution is 7.87. The summed E-state index contributed by atoms with van der Waals surface area (Å²) in [4.78, 5) is 39.4. The number of imide groups is 2. The van der Waals surface area contributed by atoms with E-state index in [-0.39, 0.29) is 27.5 Å². The summed E-state index contributed by atoms with van der Waals surface area (Å²) in [5.74, 6) is -1.82.